The van der Waals surface area contributed by atoms with E-state index in [1.54, 1.807) is 4.31 Å². The van der Waals surface area contributed by atoms with Crippen molar-refractivity contribution in [2.45, 2.75) is 31.9 Å². The highest BCUT2D eigenvalue weighted by Crippen LogP contribution is 2.39. The minimum atomic E-state index is -0.512. The Kier molecular flexibility index (Phi) is 4.56. The first kappa shape index (κ1) is 16.9. The summed E-state index contributed by atoms with van der Waals surface area (Å²) in [4.78, 5) is 12.5. The molecule has 0 radical (unpaired) electrons. The lowest BCUT2D eigenvalue weighted by Gasteiger charge is -2.29. The molecule has 1 amide bonds. The molecule has 0 aromatic heterocycles. The van der Waals surface area contributed by atoms with Gasteiger partial charge < -0.3 is 4.74 Å². The molecule has 1 aliphatic rings. The smallest absolute Gasteiger partial charge is 0.421 e. The third kappa shape index (κ3) is 3.42. The van der Waals surface area contributed by atoms with Crippen LogP contribution in [0.4, 0.5) is 4.79 Å². The number of benzene rings is 2. The van der Waals surface area contributed by atoms with E-state index in [0.717, 1.165) is 11.1 Å². The van der Waals surface area contributed by atoms with Gasteiger partial charge in [-0.3, -0.25) is 0 Å². The molecule has 1 N–H and O–H groups in total. The lowest BCUT2D eigenvalue weighted by molar-refractivity contribution is 0.0401. The minimum Gasteiger partial charge on any atom is -0.443 e. The molecule has 0 bridgehead atoms. The van der Waals surface area contributed by atoms with Crippen molar-refractivity contribution in [3.8, 4) is 0 Å². The van der Waals surface area contributed by atoms with E-state index >= 15 is 0 Å². The fourth-order valence-electron chi connectivity index (χ4n) is 2.74. The highest BCUT2D eigenvalue weighted by molar-refractivity contribution is 7.95. The number of hydrogen-bond acceptors (Lipinski definition) is 4. The Morgan fingerprint density at radius 2 is 1.54 bits per heavy atom. The van der Waals surface area contributed by atoms with Gasteiger partial charge in [-0.1, -0.05) is 60.7 Å². The molecule has 2 aromatic rings. The second-order valence-corrected chi connectivity index (χ2v) is 7.68. The van der Waals surface area contributed by atoms with Crippen molar-refractivity contribution in [1.29, 1.82) is 0 Å². The summed E-state index contributed by atoms with van der Waals surface area (Å²) in [5, 5.41) is 0. The molecule has 5 heteroatoms. The lowest BCUT2D eigenvalue weighted by atomic mass is 9.83. The monoisotopic (exact) mass is 342 g/mol. The van der Waals surface area contributed by atoms with E-state index in [9.17, 15) is 4.79 Å². The van der Waals surface area contributed by atoms with Gasteiger partial charge >= 0.3 is 6.09 Å². The number of carbonyl (C=O) groups excluding carboxylic acids is 1. The Hall–Kier alpha value is -1.98. The SMILES string of the molecule is CC(C)(C)OC(=O)N1CC(c2ccccc2)(c2ccccc2)NS1. The molecule has 0 spiro atoms. The zero-order valence-electron chi connectivity index (χ0n) is 14.2. The summed E-state index contributed by atoms with van der Waals surface area (Å²) < 4.78 is 10.6. The van der Waals surface area contributed by atoms with Gasteiger partial charge in [0.15, 0.2) is 0 Å². The van der Waals surface area contributed by atoms with E-state index in [1.165, 1.54) is 12.1 Å². The summed E-state index contributed by atoms with van der Waals surface area (Å²) in [6.07, 6.45) is -0.325. The molecule has 2 aromatic carbocycles. The maximum Gasteiger partial charge on any atom is 0.421 e. The summed E-state index contributed by atoms with van der Waals surface area (Å²) in [6.45, 7) is 6.13. The Bertz CT molecular complexity index is 659. The van der Waals surface area contributed by atoms with Crippen LogP contribution in [0.5, 0.6) is 0 Å². The first-order valence-electron chi connectivity index (χ1n) is 7.96. The topological polar surface area (TPSA) is 41.6 Å². The van der Waals surface area contributed by atoms with Crippen molar-refractivity contribution in [3.63, 3.8) is 0 Å². The van der Waals surface area contributed by atoms with Crippen LogP contribution in [-0.2, 0) is 10.3 Å². The first-order chi connectivity index (χ1) is 11.4. The van der Waals surface area contributed by atoms with Gasteiger partial charge in [0.1, 0.15) is 5.60 Å². The Labute approximate surface area is 147 Å². The van der Waals surface area contributed by atoms with E-state index in [-0.39, 0.29) is 6.09 Å². The number of amides is 1. The van der Waals surface area contributed by atoms with Gasteiger partial charge in [-0.05, 0) is 31.9 Å². The van der Waals surface area contributed by atoms with Crippen molar-refractivity contribution < 1.29 is 9.53 Å². The van der Waals surface area contributed by atoms with E-state index < -0.39 is 11.1 Å². The molecule has 24 heavy (non-hydrogen) atoms. The summed E-state index contributed by atoms with van der Waals surface area (Å²) in [5.41, 5.74) is 1.27. The van der Waals surface area contributed by atoms with Crippen LogP contribution in [0.2, 0.25) is 0 Å². The van der Waals surface area contributed by atoms with Gasteiger partial charge in [-0.15, -0.1) is 0 Å². The Morgan fingerprint density at radius 3 is 2.00 bits per heavy atom. The predicted molar refractivity (Wildman–Crippen MR) is 97.3 cm³/mol. The van der Waals surface area contributed by atoms with E-state index in [4.69, 9.17) is 4.74 Å². The van der Waals surface area contributed by atoms with Gasteiger partial charge in [0.25, 0.3) is 0 Å². The largest absolute Gasteiger partial charge is 0.443 e. The van der Waals surface area contributed by atoms with Crippen LogP contribution in [0.1, 0.15) is 31.9 Å². The third-order valence-electron chi connectivity index (χ3n) is 3.84. The number of nitrogens with one attached hydrogen (secondary N) is 1. The maximum absolute atomic E-state index is 12.5. The molecule has 1 fully saturated rings. The highest BCUT2D eigenvalue weighted by atomic mass is 32.2. The predicted octanol–water partition coefficient (Wildman–Crippen LogP) is 4.33. The summed E-state index contributed by atoms with van der Waals surface area (Å²) >= 11 is 1.30. The zero-order chi connectivity index (χ0) is 17.2. The van der Waals surface area contributed by atoms with Crippen LogP contribution in [0.15, 0.2) is 60.7 Å². The number of nitrogens with zero attached hydrogens (tertiary/aromatic N) is 1. The van der Waals surface area contributed by atoms with Crippen LogP contribution in [0.3, 0.4) is 0 Å². The number of rotatable bonds is 2. The molecular formula is C19H22N2O2S. The molecular weight excluding hydrogens is 320 g/mol. The molecule has 0 unspecified atom stereocenters. The van der Waals surface area contributed by atoms with Crippen molar-refractivity contribution in [1.82, 2.24) is 9.03 Å². The highest BCUT2D eigenvalue weighted by Gasteiger charge is 2.44. The van der Waals surface area contributed by atoms with E-state index in [0.29, 0.717) is 6.54 Å². The van der Waals surface area contributed by atoms with Crippen molar-refractivity contribution in [2.75, 3.05) is 6.54 Å². The van der Waals surface area contributed by atoms with Crippen LogP contribution >= 0.6 is 12.1 Å². The minimum absolute atomic E-state index is 0.325. The number of hydrogen-bond donors (Lipinski definition) is 1. The van der Waals surface area contributed by atoms with Crippen molar-refractivity contribution in [2.24, 2.45) is 0 Å². The van der Waals surface area contributed by atoms with Gasteiger partial charge in [0.2, 0.25) is 0 Å². The molecule has 0 saturated carbocycles. The summed E-state index contributed by atoms with van der Waals surface area (Å²) in [7, 11) is 0. The Morgan fingerprint density at radius 1 is 1.04 bits per heavy atom. The molecule has 1 saturated heterocycles. The van der Waals surface area contributed by atoms with E-state index in [2.05, 4.69) is 29.0 Å². The van der Waals surface area contributed by atoms with Crippen LogP contribution in [0.25, 0.3) is 0 Å². The average Bonchev–Trinajstić information content (AvgIpc) is 3.02. The van der Waals surface area contributed by atoms with E-state index in [1.807, 2.05) is 57.2 Å². The maximum atomic E-state index is 12.5. The molecule has 0 aliphatic carbocycles. The van der Waals surface area contributed by atoms with Gasteiger partial charge in [-0.2, -0.15) is 0 Å². The molecule has 1 heterocycles. The summed E-state index contributed by atoms with van der Waals surface area (Å²) in [6, 6.07) is 20.4. The second kappa shape index (κ2) is 6.49. The van der Waals surface area contributed by atoms with Gasteiger partial charge in [-0.25, -0.2) is 13.8 Å². The number of carbonyl (C=O) groups is 1. The standard InChI is InChI=1S/C19H22N2O2S/c1-18(2,3)23-17(22)21-14-19(20-24-21,15-10-6-4-7-11-15)16-12-8-5-9-13-16/h4-13,20H,14H2,1-3H3. The van der Waals surface area contributed by atoms with Crippen molar-refractivity contribution in [3.05, 3.63) is 71.8 Å². The normalized spacial score (nSPS) is 16.9. The molecule has 4 nitrogen and oxygen atoms in total. The van der Waals surface area contributed by atoms with Crippen LogP contribution in [0, 0.1) is 0 Å². The van der Waals surface area contributed by atoms with Gasteiger partial charge in [0.05, 0.1) is 12.1 Å². The van der Waals surface area contributed by atoms with Crippen LogP contribution < -0.4 is 4.72 Å². The second-order valence-electron chi connectivity index (χ2n) is 6.85. The first-order valence-corrected chi connectivity index (χ1v) is 8.74. The Balaban J connectivity index is 1.93. The van der Waals surface area contributed by atoms with Gasteiger partial charge in [0, 0.05) is 12.1 Å². The molecule has 3 rings (SSSR count). The molecule has 0 atom stereocenters. The lowest BCUT2D eigenvalue weighted by Crippen LogP contribution is -2.41. The fraction of sp³-hybridized carbons (Fsp3) is 0.316. The fourth-order valence-corrected chi connectivity index (χ4v) is 3.68. The molecule has 126 valence electrons. The summed E-state index contributed by atoms with van der Waals surface area (Å²) in [5.74, 6) is 0. The quantitative estimate of drug-likeness (QED) is 0.825. The van der Waals surface area contributed by atoms with Crippen LogP contribution in [-0.4, -0.2) is 22.5 Å². The molecule has 1 aliphatic heterocycles. The third-order valence-corrected chi connectivity index (χ3v) is 4.78. The van der Waals surface area contributed by atoms with Crippen molar-refractivity contribution >= 4 is 18.2 Å². The zero-order valence-corrected chi connectivity index (χ0v) is 15.0. The average molecular weight is 342 g/mol. The number of ether oxygens (including phenoxy) is 1.